The Morgan fingerprint density at radius 2 is 1.66 bits per heavy atom. The van der Waals surface area contributed by atoms with Crippen LogP contribution in [-0.4, -0.2) is 24.7 Å². The van der Waals surface area contributed by atoms with E-state index in [-0.39, 0.29) is 18.9 Å². The number of halogens is 1. The van der Waals surface area contributed by atoms with Gasteiger partial charge in [-0.15, -0.1) is 11.3 Å². The summed E-state index contributed by atoms with van der Waals surface area (Å²) in [4.78, 5) is 24.6. The SMILES string of the molecule is O=C(N[C@H](Cc1ccc(Br)s1)C(=O)[O-])OCC1c2ccccc2-c2ccccc21. The summed E-state index contributed by atoms with van der Waals surface area (Å²) in [5.74, 6) is -1.43. The van der Waals surface area contributed by atoms with Crippen LogP contribution in [0.15, 0.2) is 64.5 Å². The molecule has 1 aliphatic rings. The first-order chi connectivity index (χ1) is 14.0. The van der Waals surface area contributed by atoms with E-state index in [9.17, 15) is 14.7 Å². The molecular formula is C22H17BrNO4S-. The number of ether oxygens (including phenoxy) is 1. The van der Waals surface area contributed by atoms with Crippen molar-refractivity contribution in [2.24, 2.45) is 0 Å². The molecule has 148 valence electrons. The molecule has 29 heavy (non-hydrogen) atoms. The summed E-state index contributed by atoms with van der Waals surface area (Å²) < 4.78 is 6.31. The van der Waals surface area contributed by atoms with E-state index in [1.165, 1.54) is 11.3 Å². The van der Waals surface area contributed by atoms with E-state index in [1.54, 1.807) is 0 Å². The largest absolute Gasteiger partial charge is 0.548 e. The van der Waals surface area contributed by atoms with E-state index in [0.29, 0.717) is 0 Å². The first-order valence-electron chi connectivity index (χ1n) is 9.09. The molecule has 4 rings (SSSR count). The highest BCUT2D eigenvalue weighted by Gasteiger charge is 2.29. The minimum absolute atomic E-state index is 0.0807. The molecule has 2 aromatic carbocycles. The topological polar surface area (TPSA) is 78.5 Å². The molecule has 1 aromatic heterocycles. The van der Waals surface area contributed by atoms with Crippen LogP contribution >= 0.6 is 27.3 Å². The van der Waals surface area contributed by atoms with Crippen molar-refractivity contribution in [3.05, 3.63) is 80.5 Å². The molecule has 0 radical (unpaired) electrons. The Labute approximate surface area is 180 Å². The first kappa shape index (κ1) is 19.7. The van der Waals surface area contributed by atoms with Crippen LogP contribution < -0.4 is 10.4 Å². The normalized spacial score (nSPS) is 13.4. The average Bonchev–Trinajstić information content (AvgIpc) is 3.27. The third kappa shape index (κ3) is 4.21. The van der Waals surface area contributed by atoms with E-state index in [2.05, 4.69) is 33.4 Å². The van der Waals surface area contributed by atoms with Crippen molar-refractivity contribution in [2.75, 3.05) is 6.61 Å². The number of alkyl carbamates (subject to hydrolysis) is 1. The monoisotopic (exact) mass is 470 g/mol. The fourth-order valence-electron chi connectivity index (χ4n) is 3.64. The summed E-state index contributed by atoms with van der Waals surface area (Å²) in [7, 11) is 0. The number of carboxylic acid groups (broad SMARTS) is 1. The van der Waals surface area contributed by atoms with E-state index in [4.69, 9.17) is 4.74 Å². The quantitative estimate of drug-likeness (QED) is 0.595. The lowest BCUT2D eigenvalue weighted by Gasteiger charge is -2.20. The van der Waals surface area contributed by atoms with Gasteiger partial charge in [-0.2, -0.15) is 0 Å². The van der Waals surface area contributed by atoms with E-state index in [1.807, 2.05) is 48.5 Å². The van der Waals surface area contributed by atoms with Gasteiger partial charge in [0.25, 0.3) is 0 Å². The van der Waals surface area contributed by atoms with Crippen LogP contribution in [0.4, 0.5) is 4.79 Å². The molecule has 7 heteroatoms. The number of carbonyl (C=O) groups is 2. The third-order valence-corrected chi connectivity index (χ3v) is 6.60. The second-order valence-electron chi connectivity index (χ2n) is 6.75. The van der Waals surface area contributed by atoms with Crippen LogP contribution in [0.5, 0.6) is 0 Å². The van der Waals surface area contributed by atoms with Gasteiger partial charge >= 0.3 is 6.09 Å². The number of rotatable bonds is 6. The minimum Gasteiger partial charge on any atom is -0.548 e. The zero-order valence-corrected chi connectivity index (χ0v) is 17.7. The summed E-state index contributed by atoms with van der Waals surface area (Å²) in [5.41, 5.74) is 4.46. The molecule has 1 N–H and O–H groups in total. The van der Waals surface area contributed by atoms with Crippen molar-refractivity contribution < 1.29 is 19.4 Å². The standard InChI is InChI=1S/C22H18BrNO4S/c23-20-10-9-13(29-20)11-19(21(25)26)24-22(27)28-12-18-16-7-3-1-5-14(16)15-6-2-4-8-17(15)18/h1-10,18-19H,11-12H2,(H,24,27)(H,25,26)/p-1/t19-/m1/s1. The van der Waals surface area contributed by atoms with Crippen LogP contribution in [0.25, 0.3) is 11.1 Å². The molecule has 1 aliphatic carbocycles. The molecule has 0 unspecified atom stereocenters. The number of fused-ring (bicyclic) bond motifs is 3. The summed E-state index contributed by atoms with van der Waals surface area (Å²) in [5, 5.41) is 13.9. The zero-order valence-electron chi connectivity index (χ0n) is 15.3. The van der Waals surface area contributed by atoms with Crippen molar-refractivity contribution in [1.29, 1.82) is 0 Å². The Morgan fingerprint density at radius 1 is 1.03 bits per heavy atom. The Kier molecular flexibility index (Phi) is 5.69. The molecule has 0 saturated carbocycles. The predicted molar refractivity (Wildman–Crippen MR) is 113 cm³/mol. The Bertz CT molecular complexity index is 1020. The van der Waals surface area contributed by atoms with Gasteiger partial charge in [-0.05, 0) is 50.3 Å². The Morgan fingerprint density at radius 3 is 2.21 bits per heavy atom. The van der Waals surface area contributed by atoms with Crippen LogP contribution in [0.1, 0.15) is 21.9 Å². The Balaban J connectivity index is 1.43. The molecule has 0 fully saturated rings. The number of benzene rings is 2. The van der Waals surface area contributed by atoms with Gasteiger partial charge < -0.3 is 20.0 Å². The Hall–Kier alpha value is -2.64. The number of thiophene rings is 1. The maximum atomic E-state index is 12.3. The molecule has 1 heterocycles. The molecule has 0 bridgehead atoms. The molecule has 3 aromatic rings. The molecule has 0 aliphatic heterocycles. The first-order valence-corrected chi connectivity index (χ1v) is 10.7. The van der Waals surface area contributed by atoms with Gasteiger partial charge in [0.2, 0.25) is 0 Å². The number of aliphatic carboxylic acids is 1. The second kappa shape index (κ2) is 8.39. The van der Waals surface area contributed by atoms with E-state index in [0.717, 1.165) is 30.9 Å². The van der Waals surface area contributed by atoms with Crippen LogP contribution in [0.3, 0.4) is 0 Å². The smallest absolute Gasteiger partial charge is 0.407 e. The van der Waals surface area contributed by atoms with Gasteiger partial charge in [-0.25, -0.2) is 4.79 Å². The van der Waals surface area contributed by atoms with Crippen molar-refractivity contribution in [3.8, 4) is 11.1 Å². The third-order valence-electron chi connectivity index (χ3n) is 4.95. The predicted octanol–water partition coefficient (Wildman–Crippen LogP) is 3.71. The highest BCUT2D eigenvalue weighted by atomic mass is 79.9. The molecule has 0 spiro atoms. The molecule has 5 nitrogen and oxygen atoms in total. The lowest BCUT2D eigenvalue weighted by molar-refractivity contribution is -0.308. The maximum absolute atomic E-state index is 12.3. The van der Waals surface area contributed by atoms with Crippen molar-refractivity contribution in [3.63, 3.8) is 0 Å². The van der Waals surface area contributed by atoms with Crippen LogP contribution in [-0.2, 0) is 16.0 Å². The van der Waals surface area contributed by atoms with Gasteiger partial charge in [0.05, 0.1) is 15.8 Å². The highest BCUT2D eigenvalue weighted by Crippen LogP contribution is 2.44. The lowest BCUT2D eigenvalue weighted by atomic mass is 9.98. The summed E-state index contributed by atoms with van der Waals surface area (Å²) in [6.07, 6.45) is -0.625. The summed E-state index contributed by atoms with van der Waals surface area (Å²) in [6, 6.07) is 18.5. The van der Waals surface area contributed by atoms with E-state index < -0.39 is 18.1 Å². The number of amides is 1. The fourth-order valence-corrected chi connectivity index (χ4v) is 5.17. The summed E-state index contributed by atoms with van der Waals surface area (Å²) >= 11 is 4.75. The second-order valence-corrected chi connectivity index (χ2v) is 9.30. The molecule has 1 atom stereocenters. The minimum atomic E-state index is -1.34. The highest BCUT2D eigenvalue weighted by molar-refractivity contribution is 9.11. The van der Waals surface area contributed by atoms with Gasteiger partial charge in [-0.1, -0.05) is 48.5 Å². The maximum Gasteiger partial charge on any atom is 0.407 e. The lowest BCUT2D eigenvalue weighted by Crippen LogP contribution is -2.49. The fraction of sp³-hybridized carbons (Fsp3) is 0.182. The number of carboxylic acids is 1. The van der Waals surface area contributed by atoms with Crippen molar-refractivity contribution in [2.45, 2.75) is 18.4 Å². The van der Waals surface area contributed by atoms with E-state index >= 15 is 0 Å². The molecular weight excluding hydrogens is 454 g/mol. The number of nitrogens with one attached hydrogen (secondary N) is 1. The summed E-state index contributed by atoms with van der Waals surface area (Å²) in [6.45, 7) is 0.129. The van der Waals surface area contributed by atoms with Gasteiger partial charge in [-0.3, -0.25) is 0 Å². The number of hydrogen-bond acceptors (Lipinski definition) is 5. The van der Waals surface area contributed by atoms with Crippen LogP contribution in [0.2, 0.25) is 0 Å². The number of hydrogen-bond donors (Lipinski definition) is 1. The van der Waals surface area contributed by atoms with Crippen molar-refractivity contribution >= 4 is 39.3 Å². The van der Waals surface area contributed by atoms with Gasteiger partial charge in [0, 0.05) is 17.2 Å². The number of carbonyl (C=O) groups excluding carboxylic acids is 2. The van der Waals surface area contributed by atoms with Gasteiger partial charge in [0.15, 0.2) is 0 Å². The zero-order chi connectivity index (χ0) is 20.4. The molecule has 1 amide bonds. The van der Waals surface area contributed by atoms with Gasteiger partial charge in [0.1, 0.15) is 6.61 Å². The molecule has 0 saturated heterocycles. The average molecular weight is 471 g/mol. The van der Waals surface area contributed by atoms with Crippen molar-refractivity contribution in [1.82, 2.24) is 5.32 Å². The van der Waals surface area contributed by atoms with Crippen LogP contribution in [0, 0.1) is 0 Å².